The molecule has 0 heterocycles. The largest absolute Gasteiger partial charge is 0.180 e. The van der Waals surface area contributed by atoms with Crippen LogP contribution in [0.2, 0.25) is 0 Å². The van der Waals surface area contributed by atoms with E-state index in [4.69, 9.17) is 0 Å². The van der Waals surface area contributed by atoms with Crippen molar-refractivity contribution in [1.82, 2.24) is 0 Å². The van der Waals surface area contributed by atoms with E-state index < -0.39 is 0 Å². The average molecular weight is 425 g/mol. The first kappa shape index (κ1) is 18.1. The summed E-state index contributed by atoms with van der Waals surface area (Å²) in [7, 11) is 0. The molecule has 0 aliphatic heterocycles. The second-order valence-corrected chi connectivity index (χ2v) is 8.89. The molecule has 4 aliphatic carbocycles. The van der Waals surface area contributed by atoms with Crippen molar-refractivity contribution in [3.05, 3.63) is 83.9 Å². The molecule has 0 spiro atoms. The topological polar surface area (TPSA) is 0 Å². The summed E-state index contributed by atoms with van der Waals surface area (Å²) in [5.74, 6) is 3.42. The molecule has 0 unspecified atom stereocenters. The van der Waals surface area contributed by atoms with E-state index in [-0.39, 0.29) is 38.1 Å². The SMILES string of the molecule is [Y].[c-]1ccccc1C1(c2[c-]ccc3ccccc23)C2CC3CC(C2)CC1C3. The fraction of sp³-hybridized carbons (Fsp3) is 0.385. The summed E-state index contributed by atoms with van der Waals surface area (Å²) < 4.78 is 0. The van der Waals surface area contributed by atoms with Crippen LogP contribution in [0.1, 0.15) is 43.2 Å². The Kier molecular flexibility index (Phi) is 4.57. The van der Waals surface area contributed by atoms with Gasteiger partial charge < -0.3 is 0 Å². The zero-order valence-electron chi connectivity index (χ0n) is 15.7. The zero-order chi connectivity index (χ0) is 17.1. The zero-order valence-corrected chi connectivity index (χ0v) is 18.5. The van der Waals surface area contributed by atoms with Gasteiger partial charge in [-0.25, -0.2) is 0 Å². The molecule has 1 heteroatoms. The van der Waals surface area contributed by atoms with Gasteiger partial charge in [-0.05, 0) is 61.2 Å². The monoisotopic (exact) mass is 425 g/mol. The first-order chi connectivity index (χ1) is 12.9. The van der Waals surface area contributed by atoms with Gasteiger partial charge >= 0.3 is 0 Å². The number of hydrogen-bond donors (Lipinski definition) is 0. The quantitative estimate of drug-likeness (QED) is 0.430. The minimum absolute atomic E-state index is 0. The Balaban J connectivity index is 0.00000160. The molecule has 4 aliphatic rings. The first-order valence-electron chi connectivity index (χ1n) is 10.2. The Labute approximate surface area is 187 Å². The maximum Gasteiger partial charge on any atom is 0 e. The van der Waals surface area contributed by atoms with E-state index in [2.05, 4.69) is 72.8 Å². The van der Waals surface area contributed by atoms with Crippen molar-refractivity contribution in [2.75, 3.05) is 0 Å². The van der Waals surface area contributed by atoms with Gasteiger partial charge in [0.15, 0.2) is 0 Å². The van der Waals surface area contributed by atoms with Crippen LogP contribution in [0, 0.1) is 35.8 Å². The maximum absolute atomic E-state index is 3.76. The van der Waals surface area contributed by atoms with E-state index in [1.54, 1.807) is 0 Å². The summed E-state index contributed by atoms with van der Waals surface area (Å²) in [6.07, 6.45) is 7.07. The molecule has 3 aromatic carbocycles. The molecule has 133 valence electrons. The molecule has 0 atom stereocenters. The summed E-state index contributed by atoms with van der Waals surface area (Å²) in [5, 5.41) is 2.75. The molecule has 0 aromatic heterocycles. The number of benzene rings is 3. The first-order valence-corrected chi connectivity index (χ1v) is 10.2. The third-order valence-electron chi connectivity index (χ3n) is 7.72. The van der Waals surface area contributed by atoms with Crippen LogP contribution >= 0.6 is 0 Å². The van der Waals surface area contributed by atoms with Crippen molar-refractivity contribution in [1.29, 1.82) is 0 Å². The average Bonchev–Trinajstić information content (AvgIpc) is 2.68. The fourth-order valence-corrected chi connectivity index (χ4v) is 7.07. The molecular formula is C26H24Y-2. The molecule has 4 fully saturated rings. The van der Waals surface area contributed by atoms with E-state index >= 15 is 0 Å². The molecule has 0 N–H and O–H groups in total. The molecule has 3 aromatic rings. The van der Waals surface area contributed by atoms with E-state index in [1.807, 2.05) is 0 Å². The molecule has 27 heavy (non-hydrogen) atoms. The molecule has 0 saturated heterocycles. The Hall–Kier alpha value is -0.976. The van der Waals surface area contributed by atoms with Gasteiger partial charge in [-0.1, -0.05) is 18.2 Å². The smallest absolute Gasteiger partial charge is 0 e. The van der Waals surface area contributed by atoms with Gasteiger partial charge in [-0.2, -0.15) is 54.1 Å². The van der Waals surface area contributed by atoms with Gasteiger partial charge in [0.1, 0.15) is 0 Å². The second kappa shape index (κ2) is 6.82. The van der Waals surface area contributed by atoms with Crippen molar-refractivity contribution in [3.8, 4) is 0 Å². The summed E-state index contributed by atoms with van der Waals surface area (Å²) in [5.41, 5.74) is 2.98. The van der Waals surface area contributed by atoms with Gasteiger partial charge in [-0.15, -0.1) is 22.4 Å². The normalized spacial score (nSPS) is 33.8. The second-order valence-electron chi connectivity index (χ2n) is 8.89. The Bertz CT molecular complexity index is 925. The summed E-state index contributed by atoms with van der Waals surface area (Å²) >= 11 is 0. The maximum atomic E-state index is 3.76. The van der Waals surface area contributed by atoms with Crippen LogP contribution in [-0.4, -0.2) is 0 Å². The minimum Gasteiger partial charge on any atom is -0.180 e. The third-order valence-corrected chi connectivity index (χ3v) is 7.72. The minimum atomic E-state index is 0. The summed E-state index contributed by atoms with van der Waals surface area (Å²) in [4.78, 5) is 0. The van der Waals surface area contributed by atoms with Crippen molar-refractivity contribution in [3.63, 3.8) is 0 Å². The van der Waals surface area contributed by atoms with Crippen LogP contribution in [0.25, 0.3) is 10.8 Å². The number of hydrogen-bond acceptors (Lipinski definition) is 0. The van der Waals surface area contributed by atoms with Gasteiger partial charge in [0.25, 0.3) is 0 Å². The van der Waals surface area contributed by atoms with E-state index in [1.165, 1.54) is 54.0 Å². The van der Waals surface area contributed by atoms with Crippen molar-refractivity contribution in [2.24, 2.45) is 23.7 Å². The third kappa shape index (κ3) is 2.56. The van der Waals surface area contributed by atoms with Gasteiger partial charge in [0, 0.05) is 32.7 Å². The van der Waals surface area contributed by atoms with Gasteiger partial charge in [0.05, 0.1) is 0 Å². The van der Waals surface area contributed by atoms with Crippen LogP contribution < -0.4 is 0 Å². The summed E-state index contributed by atoms with van der Waals surface area (Å²) in [6.45, 7) is 0. The van der Waals surface area contributed by atoms with E-state index in [0.717, 1.165) is 23.7 Å². The molecular weight excluding hydrogens is 401 g/mol. The van der Waals surface area contributed by atoms with Crippen LogP contribution in [0.3, 0.4) is 0 Å². The van der Waals surface area contributed by atoms with Crippen LogP contribution in [0.15, 0.2) is 60.7 Å². The predicted molar refractivity (Wildman–Crippen MR) is 106 cm³/mol. The van der Waals surface area contributed by atoms with Crippen molar-refractivity contribution >= 4 is 10.8 Å². The van der Waals surface area contributed by atoms with Crippen LogP contribution in [0.4, 0.5) is 0 Å². The predicted octanol–water partition coefficient (Wildman–Crippen LogP) is 6.18. The molecule has 4 bridgehead atoms. The Morgan fingerprint density at radius 2 is 1.41 bits per heavy atom. The molecule has 0 nitrogen and oxygen atoms in total. The van der Waals surface area contributed by atoms with Crippen LogP contribution in [0.5, 0.6) is 0 Å². The van der Waals surface area contributed by atoms with E-state index in [0.29, 0.717) is 0 Å². The standard InChI is InChI=1S/C26H24.Y/c1-2-9-21(10-3-1)26(22-14-18-13-19(16-22)17-23(26)15-18)25-12-6-8-20-7-4-5-11-24(20)25;/h1-9,11,18-19,22-23H,13-17H2;/q-2;. The Morgan fingerprint density at radius 1 is 0.704 bits per heavy atom. The fourth-order valence-electron chi connectivity index (χ4n) is 7.07. The number of fused-ring (bicyclic) bond motifs is 1. The van der Waals surface area contributed by atoms with Gasteiger partial charge in [0.2, 0.25) is 0 Å². The Morgan fingerprint density at radius 3 is 2.11 bits per heavy atom. The van der Waals surface area contributed by atoms with Gasteiger partial charge in [-0.3, -0.25) is 0 Å². The van der Waals surface area contributed by atoms with Crippen molar-refractivity contribution in [2.45, 2.75) is 37.5 Å². The molecule has 4 saturated carbocycles. The summed E-state index contributed by atoms with van der Waals surface area (Å²) in [6, 6.07) is 29.5. The number of rotatable bonds is 2. The van der Waals surface area contributed by atoms with E-state index in [9.17, 15) is 0 Å². The van der Waals surface area contributed by atoms with Crippen LogP contribution in [-0.2, 0) is 38.1 Å². The van der Waals surface area contributed by atoms with Crippen molar-refractivity contribution < 1.29 is 32.7 Å². The molecule has 0 amide bonds. The molecule has 1 radical (unpaired) electrons. The molecule has 7 rings (SSSR count).